The van der Waals surface area contributed by atoms with E-state index in [0.717, 1.165) is 0 Å². The summed E-state index contributed by atoms with van der Waals surface area (Å²) in [6, 6.07) is 3.74. The molecule has 3 N–H and O–H groups in total. The van der Waals surface area contributed by atoms with Crippen molar-refractivity contribution in [2.24, 2.45) is 4.99 Å². The van der Waals surface area contributed by atoms with E-state index < -0.39 is 0 Å². The first-order valence-corrected chi connectivity index (χ1v) is 13.9. The normalized spacial score (nSPS) is 34.3. The Balaban J connectivity index is 1.10. The highest BCUT2D eigenvalue weighted by molar-refractivity contribution is 7.19. The Morgan fingerprint density at radius 2 is 2.03 bits per heavy atom. The van der Waals surface area contributed by atoms with Gasteiger partial charge in [0, 0.05) is 35.2 Å². The predicted molar refractivity (Wildman–Crippen MR) is 139 cm³/mol. The molecule has 4 aliphatic heterocycles. The minimum atomic E-state index is 0.0884. The number of H-pyrrole nitrogens is 1. The number of hydrogen-bond donors (Lipinski definition) is 3. The van der Waals surface area contributed by atoms with Gasteiger partial charge in [-0.25, -0.2) is 4.99 Å². The average Bonchev–Trinajstić information content (AvgIpc) is 3.58. The van der Waals surface area contributed by atoms with Crippen molar-refractivity contribution in [3.63, 3.8) is 0 Å². The van der Waals surface area contributed by atoms with Gasteiger partial charge in [0.2, 0.25) is 0 Å². The fraction of sp³-hybridized carbons (Fsp3) is 0.593. The standard InChI is InChI=1S/C27H35N5OS/c1-14(2)24-25(17-8-15(3)27-28-13-29-32(27)12-17)31-21-11-23(34-26(21)24)16-4-6-18(7-5-16)30-20-9-19-10-22(20)33-19/h8,11-14,16,18-20,22,27,30-31H,4-7,9-10H2,1-3H3,(H,28,29). The number of allylic oxidation sites excluding steroid dienone is 2. The fourth-order valence-electron chi connectivity index (χ4n) is 6.76. The van der Waals surface area contributed by atoms with E-state index >= 15 is 0 Å². The number of rotatable bonds is 5. The maximum atomic E-state index is 5.85. The van der Waals surface area contributed by atoms with Gasteiger partial charge in [0.1, 0.15) is 6.34 Å². The Morgan fingerprint density at radius 3 is 2.76 bits per heavy atom. The van der Waals surface area contributed by atoms with E-state index in [2.05, 4.69) is 64.8 Å². The van der Waals surface area contributed by atoms with Crippen molar-refractivity contribution in [1.29, 1.82) is 0 Å². The molecule has 8 rings (SSSR count). The van der Waals surface area contributed by atoms with Gasteiger partial charge in [0.15, 0.2) is 6.17 Å². The summed E-state index contributed by atoms with van der Waals surface area (Å²) in [6.07, 6.45) is 15.1. The molecular formula is C27H35N5OS. The Labute approximate surface area is 205 Å². The molecule has 180 valence electrons. The van der Waals surface area contributed by atoms with E-state index in [1.165, 1.54) is 71.1 Å². The molecule has 2 saturated carbocycles. The van der Waals surface area contributed by atoms with Crippen LogP contribution in [0, 0.1) is 0 Å². The number of hydrazine groups is 1. The maximum Gasteiger partial charge on any atom is 0.162 e. The van der Waals surface area contributed by atoms with Crippen LogP contribution in [-0.4, -0.2) is 46.8 Å². The van der Waals surface area contributed by atoms with Gasteiger partial charge >= 0.3 is 0 Å². The number of thiophene rings is 1. The highest BCUT2D eigenvalue weighted by atomic mass is 32.1. The van der Waals surface area contributed by atoms with Crippen LogP contribution in [0.1, 0.15) is 87.3 Å². The number of nitrogens with zero attached hydrogens (tertiary/aromatic N) is 2. The SMILES string of the molecule is CC1=CC(c2[nH]c3cc(C4CCC(NC5CC6CC5O6)CC4)sc3c2C(C)C)=CN2NC=NC12. The molecule has 0 radical (unpaired) electrons. The van der Waals surface area contributed by atoms with Gasteiger partial charge in [-0.15, -0.1) is 11.3 Å². The summed E-state index contributed by atoms with van der Waals surface area (Å²) in [6.45, 7) is 6.81. The molecule has 2 aromatic heterocycles. The van der Waals surface area contributed by atoms with Crippen molar-refractivity contribution in [2.75, 3.05) is 0 Å². The summed E-state index contributed by atoms with van der Waals surface area (Å²) < 4.78 is 7.29. The second-order valence-corrected chi connectivity index (χ2v) is 12.3. The largest absolute Gasteiger partial charge is 0.373 e. The van der Waals surface area contributed by atoms with Gasteiger partial charge in [0.05, 0.1) is 28.1 Å². The van der Waals surface area contributed by atoms with Crippen LogP contribution in [0.3, 0.4) is 0 Å². The van der Waals surface area contributed by atoms with Crippen molar-refractivity contribution in [3.05, 3.63) is 40.0 Å². The third-order valence-corrected chi connectivity index (χ3v) is 9.88. The number of aromatic amines is 1. The van der Waals surface area contributed by atoms with Crippen molar-refractivity contribution in [2.45, 2.75) is 102 Å². The predicted octanol–water partition coefficient (Wildman–Crippen LogP) is 5.37. The summed E-state index contributed by atoms with van der Waals surface area (Å²) in [7, 11) is 0. The summed E-state index contributed by atoms with van der Waals surface area (Å²) in [5.74, 6) is 1.16. The number of fused-ring (bicyclic) bond motifs is 3. The molecule has 0 aromatic carbocycles. The van der Waals surface area contributed by atoms with Crippen LogP contribution in [0.15, 0.2) is 28.9 Å². The van der Waals surface area contributed by atoms with Gasteiger partial charge in [-0.3, -0.25) is 10.4 Å². The van der Waals surface area contributed by atoms with E-state index in [9.17, 15) is 0 Å². The molecule has 0 spiro atoms. The van der Waals surface area contributed by atoms with E-state index in [0.29, 0.717) is 36.1 Å². The first-order chi connectivity index (χ1) is 16.5. The monoisotopic (exact) mass is 477 g/mol. The summed E-state index contributed by atoms with van der Waals surface area (Å²) in [4.78, 5) is 9.90. The molecule has 0 amide bonds. The van der Waals surface area contributed by atoms with Crippen LogP contribution < -0.4 is 10.7 Å². The molecule has 6 heterocycles. The first kappa shape index (κ1) is 21.2. The van der Waals surface area contributed by atoms with Crippen LogP contribution in [0.25, 0.3) is 15.8 Å². The van der Waals surface area contributed by atoms with Crippen LogP contribution >= 0.6 is 11.3 Å². The molecule has 2 saturated heterocycles. The Morgan fingerprint density at radius 1 is 1.21 bits per heavy atom. The zero-order chi connectivity index (χ0) is 23.0. The first-order valence-electron chi connectivity index (χ1n) is 13.1. The third kappa shape index (κ3) is 3.39. The zero-order valence-electron chi connectivity index (χ0n) is 20.3. The Bertz CT molecular complexity index is 1190. The smallest absolute Gasteiger partial charge is 0.162 e. The number of aliphatic imine (C=N–C) groups is 1. The van der Waals surface area contributed by atoms with Crippen LogP contribution in [0.2, 0.25) is 0 Å². The molecule has 6 nitrogen and oxygen atoms in total. The lowest BCUT2D eigenvalue weighted by molar-refractivity contribution is -0.0709. The van der Waals surface area contributed by atoms with Crippen molar-refractivity contribution < 1.29 is 4.74 Å². The van der Waals surface area contributed by atoms with Crippen molar-refractivity contribution in [3.8, 4) is 0 Å². The molecule has 34 heavy (non-hydrogen) atoms. The molecule has 7 heteroatoms. The lowest BCUT2D eigenvalue weighted by Gasteiger charge is -2.32. The Hall–Kier alpha value is -2.09. The van der Waals surface area contributed by atoms with Crippen molar-refractivity contribution >= 4 is 33.5 Å². The van der Waals surface area contributed by atoms with Gasteiger partial charge in [-0.05, 0) is 74.1 Å². The van der Waals surface area contributed by atoms with Gasteiger partial charge < -0.3 is 15.0 Å². The quantitative estimate of drug-likeness (QED) is 0.541. The number of aromatic nitrogens is 1. The lowest BCUT2D eigenvalue weighted by atomic mass is 9.84. The summed E-state index contributed by atoms with van der Waals surface area (Å²) in [5, 5.41) is 6.03. The number of nitrogens with one attached hydrogen (secondary N) is 3. The van der Waals surface area contributed by atoms with E-state index in [-0.39, 0.29) is 6.17 Å². The minimum absolute atomic E-state index is 0.0884. The van der Waals surface area contributed by atoms with Gasteiger partial charge in [-0.1, -0.05) is 13.8 Å². The van der Waals surface area contributed by atoms with Gasteiger partial charge in [-0.2, -0.15) is 0 Å². The molecule has 2 bridgehead atoms. The Kier molecular flexibility index (Phi) is 4.97. The molecular weight excluding hydrogens is 442 g/mol. The number of ether oxygens (including phenoxy) is 1. The lowest BCUT2D eigenvalue weighted by Crippen LogP contribution is -2.44. The fourth-order valence-corrected chi connectivity index (χ4v) is 8.25. The molecule has 6 aliphatic rings. The topological polar surface area (TPSA) is 64.7 Å². The molecule has 4 unspecified atom stereocenters. The molecule has 4 fully saturated rings. The summed E-state index contributed by atoms with van der Waals surface area (Å²) in [5.41, 5.74) is 9.77. The van der Waals surface area contributed by atoms with E-state index in [4.69, 9.17) is 4.74 Å². The highest BCUT2D eigenvalue weighted by Crippen LogP contribution is 2.45. The maximum absolute atomic E-state index is 5.85. The highest BCUT2D eigenvalue weighted by Gasteiger charge is 2.46. The van der Waals surface area contributed by atoms with Crippen LogP contribution in [0.4, 0.5) is 0 Å². The van der Waals surface area contributed by atoms with E-state index in [1.54, 1.807) is 11.2 Å². The number of hydrogen-bond acceptors (Lipinski definition) is 6. The molecule has 2 aliphatic carbocycles. The van der Waals surface area contributed by atoms with Crippen molar-refractivity contribution in [1.82, 2.24) is 20.7 Å². The average molecular weight is 478 g/mol. The van der Waals surface area contributed by atoms with E-state index in [1.807, 2.05) is 11.3 Å². The summed E-state index contributed by atoms with van der Waals surface area (Å²) >= 11 is 2.03. The van der Waals surface area contributed by atoms with Crippen LogP contribution in [-0.2, 0) is 4.74 Å². The minimum Gasteiger partial charge on any atom is -0.373 e. The van der Waals surface area contributed by atoms with Gasteiger partial charge in [0.25, 0.3) is 0 Å². The second kappa shape index (κ2) is 7.97. The van der Waals surface area contributed by atoms with Crippen LogP contribution in [0.5, 0.6) is 0 Å². The zero-order valence-corrected chi connectivity index (χ0v) is 21.1. The molecule has 4 atom stereocenters. The third-order valence-electron chi connectivity index (χ3n) is 8.55. The second-order valence-electron chi connectivity index (χ2n) is 11.2. The molecule has 2 aromatic rings.